The van der Waals surface area contributed by atoms with E-state index in [1.807, 2.05) is 18.2 Å². The average Bonchev–Trinajstić information content (AvgIpc) is 3.13. The minimum Gasteiger partial charge on any atom is -0.456 e. The van der Waals surface area contributed by atoms with Gasteiger partial charge in [0.05, 0.1) is 24.0 Å². The third-order valence-electron chi connectivity index (χ3n) is 4.45. The topological polar surface area (TPSA) is 83.8 Å². The molecule has 2 N–H and O–H groups in total. The van der Waals surface area contributed by atoms with Crippen molar-refractivity contribution in [1.82, 2.24) is 4.98 Å². The highest BCUT2D eigenvalue weighted by molar-refractivity contribution is 6.30. The molecule has 1 aromatic heterocycles. The molecule has 1 amide bonds. The molecule has 0 spiro atoms. The minimum atomic E-state index is -0.950. The predicted molar refractivity (Wildman–Crippen MR) is 112 cm³/mol. The van der Waals surface area contributed by atoms with Gasteiger partial charge in [-0.1, -0.05) is 11.6 Å². The van der Waals surface area contributed by atoms with Crippen LogP contribution < -0.4 is 10.1 Å². The van der Waals surface area contributed by atoms with Crippen LogP contribution in [-0.2, 0) is 11.2 Å². The Balaban J connectivity index is 1.32. The molecule has 4 rings (SSSR count). The van der Waals surface area contributed by atoms with Crippen LogP contribution in [0.25, 0.3) is 0 Å². The van der Waals surface area contributed by atoms with Crippen LogP contribution >= 0.6 is 11.6 Å². The number of carbonyl (C=O) groups excluding carboxylic acids is 1. The van der Waals surface area contributed by atoms with Gasteiger partial charge in [-0.25, -0.2) is 0 Å². The van der Waals surface area contributed by atoms with E-state index < -0.39 is 6.10 Å². The highest BCUT2D eigenvalue weighted by Crippen LogP contribution is 2.30. The van der Waals surface area contributed by atoms with Gasteiger partial charge >= 0.3 is 0 Å². The monoisotopic (exact) mass is 407 g/mol. The number of aliphatic imine (C=N–C) groups is 1. The standard InChI is InChI=1S/C22H18ClN3O3/c23-15-3-8-19-14(10-15)11-20(26-19)21(27)12-22(28)25-16-4-6-17(7-5-16)29-18-2-1-9-24-13-18/h1-10,13,21,27H,11-12H2,(H,25,28)/t21-/m0/s1. The van der Waals surface area contributed by atoms with Crippen molar-refractivity contribution in [3.8, 4) is 11.5 Å². The number of nitrogens with zero attached hydrogens (tertiary/aromatic N) is 2. The van der Waals surface area contributed by atoms with E-state index in [0.29, 0.717) is 34.3 Å². The fourth-order valence-corrected chi connectivity index (χ4v) is 3.24. The number of halogens is 1. The van der Waals surface area contributed by atoms with Gasteiger partial charge in [0, 0.05) is 23.3 Å². The van der Waals surface area contributed by atoms with E-state index in [-0.39, 0.29) is 12.3 Å². The quantitative estimate of drug-likeness (QED) is 0.628. The Kier molecular flexibility index (Phi) is 5.55. The number of rotatable bonds is 6. The number of ether oxygens (including phenoxy) is 1. The van der Waals surface area contributed by atoms with Crippen molar-refractivity contribution in [3.63, 3.8) is 0 Å². The summed E-state index contributed by atoms with van der Waals surface area (Å²) in [6.07, 6.45) is 2.76. The highest BCUT2D eigenvalue weighted by Gasteiger charge is 2.23. The number of pyridine rings is 1. The molecule has 2 heterocycles. The molecule has 0 aliphatic carbocycles. The number of hydrogen-bond donors (Lipinski definition) is 2. The molecule has 1 aliphatic rings. The number of fused-ring (bicyclic) bond motifs is 1. The maximum Gasteiger partial charge on any atom is 0.227 e. The van der Waals surface area contributed by atoms with Crippen LogP contribution in [0.3, 0.4) is 0 Å². The van der Waals surface area contributed by atoms with Crippen LogP contribution in [0.15, 0.2) is 72.0 Å². The Morgan fingerprint density at radius 3 is 2.76 bits per heavy atom. The highest BCUT2D eigenvalue weighted by atomic mass is 35.5. The molecule has 29 heavy (non-hydrogen) atoms. The Bertz CT molecular complexity index is 1050. The number of amides is 1. The Morgan fingerprint density at radius 2 is 2.00 bits per heavy atom. The van der Waals surface area contributed by atoms with Crippen LogP contribution in [0.5, 0.6) is 11.5 Å². The molecule has 0 fully saturated rings. The second-order valence-corrected chi connectivity index (χ2v) is 7.07. The van der Waals surface area contributed by atoms with Crippen LogP contribution in [0, 0.1) is 0 Å². The summed E-state index contributed by atoms with van der Waals surface area (Å²) >= 11 is 5.99. The van der Waals surface area contributed by atoms with Crippen molar-refractivity contribution in [3.05, 3.63) is 77.6 Å². The SMILES string of the molecule is O=C(C[C@H](O)C1=Nc2ccc(Cl)cc2C1)Nc1ccc(Oc2cccnc2)cc1. The summed E-state index contributed by atoms with van der Waals surface area (Å²) in [5.74, 6) is 0.968. The molecule has 7 heteroatoms. The number of anilines is 1. The van der Waals surface area contributed by atoms with Gasteiger partial charge in [-0.15, -0.1) is 0 Å². The van der Waals surface area contributed by atoms with Gasteiger partial charge in [-0.3, -0.25) is 14.8 Å². The van der Waals surface area contributed by atoms with Crippen LogP contribution in [0.4, 0.5) is 11.4 Å². The number of aliphatic hydroxyl groups is 1. The largest absolute Gasteiger partial charge is 0.456 e. The summed E-state index contributed by atoms with van der Waals surface area (Å²) in [5, 5.41) is 13.8. The maximum absolute atomic E-state index is 12.3. The fourth-order valence-electron chi connectivity index (χ4n) is 3.04. The molecule has 0 saturated heterocycles. The zero-order valence-corrected chi connectivity index (χ0v) is 16.1. The van der Waals surface area contributed by atoms with E-state index >= 15 is 0 Å². The van der Waals surface area contributed by atoms with Crippen LogP contribution in [0.2, 0.25) is 5.02 Å². The van der Waals surface area contributed by atoms with Gasteiger partial charge in [0.2, 0.25) is 5.91 Å². The van der Waals surface area contributed by atoms with Gasteiger partial charge in [0.25, 0.3) is 0 Å². The maximum atomic E-state index is 12.3. The van der Waals surface area contributed by atoms with E-state index in [2.05, 4.69) is 15.3 Å². The van der Waals surface area contributed by atoms with Crippen molar-refractivity contribution in [1.29, 1.82) is 0 Å². The van der Waals surface area contributed by atoms with E-state index in [0.717, 1.165) is 11.3 Å². The molecule has 2 aromatic carbocycles. The molecule has 3 aromatic rings. The van der Waals surface area contributed by atoms with E-state index in [9.17, 15) is 9.90 Å². The smallest absolute Gasteiger partial charge is 0.227 e. The Morgan fingerprint density at radius 1 is 1.17 bits per heavy atom. The summed E-state index contributed by atoms with van der Waals surface area (Å²) in [5.41, 5.74) is 2.92. The molecular formula is C22H18ClN3O3. The minimum absolute atomic E-state index is 0.0749. The van der Waals surface area contributed by atoms with E-state index in [1.165, 1.54) is 0 Å². The normalized spacial score (nSPS) is 13.4. The lowest BCUT2D eigenvalue weighted by Gasteiger charge is -2.11. The zero-order chi connectivity index (χ0) is 20.2. The Hall–Kier alpha value is -3.22. The lowest BCUT2D eigenvalue weighted by Crippen LogP contribution is -2.27. The summed E-state index contributed by atoms with van der Waals surface area (Å²) < 4.78 is 5.67. The van der Waals surface area contributed by atoms with Crippen LogP contribution in [0.1, 0.15) is 12.0 Å². The second-order valence-electron chi connectivity index (χ2n) is 6.64. The van der Waals surface area contributed by atoms with Crippen LogP contribution in [-0.4, -0.2) is 27.8 Å². The molecule has 1 aliphatic heterocycles. The molecule has 6 nitrogen and oxygen atoms in total. The number of benzene rings is 2. The first-order chi connectivity index (χ1) is 14.1. The summed E-state index contributed by atoms with van der Waals surface area (Å²) in [6, 6.07) is 16.0. The number of aliphatic hydroxyl groups excluding tert-OH is 1. The predicted octanol–water partition coefficient (Wildman–Crippen LogP) is 4.55. The third kappa shape index (κ3) is 4.80. The first-order valence-corrected chi connectivity index (χ1v) is 9.46. The average molecular weight is 408 g/mol. The van der Waals surface area contributed by atoms with E-state index in [4.69, 9.17) is 16.3 Å². The van der Waals surface area contributed by atoms with Gasteiger partial charge in [0.1, 0.15) is 17.6 Å². The van der Waals surface area contributed by atoms with Gasteiger partial charge in [0.15, 0.2) is 0 Å². The van der Waals surface area contributed by atoms with Gasteiger partial charge in [-0.05, 0) is 60.2 Å². The zero-order valence-electron chi connectivity index (χ0n) is 15.4. The molecule has 0 bridgehead atoms. The second kappa shape index (κ2) is 8.43. The molecule has 0 unspecified atom stereocenters. The van der Waals surface area contributed by atoms with Crippen molar-refractivity contribution in [2.75, 3.05) is 5.32 Å². The third-order valence-corrected chi connectivity index (χ3v) is 4.68. The van der Waals surface area contributed by atoms with Gasteiger partial charge in [-0.2, -0.15) is 0 Å². The molecule has 0 saturated carbocycles. The van der Waals surface area contributed by atoms with E-state index in [1.54, 1.807) is 48.8 Å². The number of nitrogens with one attached hydrogen (secondary N) is 1. The number of hydrogen-bond acceptors (Lipinski definition) is 5. The number of carbonyl (C=O) groups is 1. The lowest BCUT2D eigenvalue weighted by molar-refractivity contribution is -0.117. The molecule has 0 radical (unpaired) electrons. The summed E-state index contributed by atoms with van der Waals surface area (Å²) in [6.45, 7) is 0. The Labute approximate surface area is 172 Å². The van der Waals surface area contributed by atoms with Crippen molar-refractivity contribution >= 4 is 34.6 Å². The molecule has 146 valence electrons. The molecular weight excluding hydrogens is 390 g/mol. The first kappa shape index (κ1) is 19.1. The van der Waals surface area contributed by atoms with Gasteiger partial charge < -0.3 is 15.2 Å². The fraction of sp³-hybridized carbons (Fsp3) is 0.136. The lowest BCUT2D eigenvalue weighted by atomic mass is 10.0. The van der Waals surface area contributed by atoms with Crippen molar-refractivity contribution < 1.29 is 14.6 Å². The first-order valence-electron chi connectivity index (χ1n) is 9.08. The summed E-state index contributed by atoms with van der Waals surface area (Å²) in [7, 11) is 0. The summed E-state index contributed by atoms with van der Waals surface area (Å²) in [4.78, 5) is 20.7. The number of aromatic nitrogens is 1. The van der Waals surface area contributed by atoms with Crippen molar-refractivity contribution in [2.24, 2.45) is 4.99 Å². The van der Waals surface area contributed by atoms with Crippen molar-refractivity contribution in [2.45, 2.75) is 18.9 Å². The molecule has 1 atom stereocenters.